The van der Waals surface area contributed by atoms with Gasteiger partial charge in [-0.25, -0.2) is 4.79 Å². The second kappa shape index (κ2) is 9.66. The fourth-order valence-electron chi connectivity index (χ4n) is 8.58. The van der Waals surface area contributed by atoms with Crippen molar-refractivity contribution in [2.45, 2.75) is 92.1 Å². The number of hydrogen-bond acceptors (Lipinski definition) is 7. The number of fused-ring (bicyclic) bond motifs is 5. The summed E-state index contributed by atoms with van der Waals surface area (Å²) in [5, 5.41) is 15.8. The van der Waals surface area contributed by atoms with Gasteiger partial charge in [-0.2, -0.15) is 0 Å². The van der Waals surface area contributed by atoms with Crippen LogP contribution in [0.3, 0.4) is 0 Å². The molecule has 4 aliphatic carbocycles. The Bertz CT molecular complexity index is 944. The Morgan fingerprint density at radius 3 is 2.60 bits per heavy atom. The summed E-state index contributed by atoms with van der Waals surface area (Å²) >= 11 is 0. The highest BCUT2D eigenvalue weighted by atomic mass is 16.7. The number of nitrogens with zero attached hydrogens (tertiary/aromatic N) is 2. The van der Waals surface area contributed by atoms with Gasteiger partial charge in [0.15, 0.2) is 0 Å². The van der Waals surface area contributed by atoms with E-state index in [1.807, 2.05) is 6.92 Å². The quantitative estimate of drug-likeness (QED) is 0.125. The number of rotatable bonds is 6. The number of carbonyl (C=O) groups excluding carboxylic acids is 2. The van der Waals surface area contributed by atoms with Crippen molar-refractivity contribution in [2.75, 3.05) is 6.54 Å². The normalized spacial score (nSPS) is 40.6. The van der Waals surface area contributed by atoms with Gasteiger partial charge in [0.2, 0.25) is 6.54 Å². The van der Waals surface area contributed by atoms with Crippen LogP contribution in [0.2, 0.25) is 0 Å². The third kappa shape index (κ3) is 4.65. The number of hydrogen-bond donors (Lipinski definition) is 0. The van der Waals surface area contributed by atoms with Crippen LogP contribution in [0.1, 0.15) is 86.0 Å². The molecule has 0 saturated heterocycles. The summed E-state index contributed by atoms with van der Waals surface area (Å²) in [7, 11) is 0. The number of ether oxygens (including phenoxy) is 1. The van der Waals surface area contributed by atoms with Crippen LogP contribution in [0.5, 0.6) is 0 Å². The van der Waals surface area contributed by atoms with Gasteiger partial charge in [0.05, 0.1) is 5.71 Å². The minimum Gasteiger partial charge on any atom is -0.462 e. The molecule has 3 saturated carbocycles. The van der Waals surface area contributed by atoms with Crippen molar-refractivity contribution in [3.63, 3.8) is 0 Å². The predicted molar refractivity (Wildman–Crippen MR) is 131 cm³/mol. The lowest BCUT2D eigenvalue weighted by atomic mass is 9.47. The Hall–Kier alpha value is -2.25. The molecule has 8 nitrogen and oxygen atoms in total. The van der Waals surface area contributed by atoms with Crippen LogP contribution < -0.4 is 0 Å². The molecular formula is C27H40N2O6. The van der Waals surface area contributed by atoms with Crippen LogP contribution in [-0.2, 0) is 19.2 Å². The summed E-state index contributed by atoms with van der Waals surface area (Å²) in [6.07, 6.45) is 9.18. The van der Waals surface area contributed by atoms with Crippen molar-refractivity contribution >= 4 is 17.7 Å². The Labute approximate surface area is 208 Å². The number of esters is 1. The molecule has 0 bridgehead atoms. The van der Waals surface area contributed by atoms with E-state index in [0.717, 1.165) is 44.9 Å². The van der Waals surface area contributed by atoms with Gasteiger partial charge in [0.25, 0.3) is 0 Å². The average molecular weight is 489 g/mol. The molecule has 0 aromatic heterocycles. The van der Waals surface area contributed by atoms with E-state index in [4.69, 9.17) is 9.57 Å². The van der Waals surface area contributed by atoms with Crippen LogP contribution in [-0.4, -0.2) is 35.2 Å². The predicted octanol–water partition coefficient (Wildman–Crippen LogP) is 5.33. The summed E-state index contributed by atoms with van der Waals surface area (Å²) in [4.78, 5) is 39.7. The third-order valence-electron chi connectivity index (χ3n) is 9.98. The average Bonchev–Trinajstić information content (AvgIpc) is 3.08. The van der Waals surface area contributed by atoms with E-state index in [0.29, 0.717) is 23.5 Å². The zero-order valence-electron chi connectivity index (χ0n) is 21.7. The van der Waals surface area contributed by atoms with Gasteiger partial charge in [-0.3, -0.25) is 14.9 Å². The number of nitro groups is 1. The number of oxime groups is 1. The van der Waals surface area contributed by atoms with Crippen LogP contribution in [0.15, 0.2) is 16.8 Å². The molecule has 194 valence electrons. The Balaban J connectivity index is 1.62. The molecule has 0 spiro atoms. The highest BCUT2D eigenvalue weighted by Gasteiger charge is 2.62. The highest BCUT2D eigenvalue weighted by Crippen LogP contribution is 2.67. The van der Waals surface area contributed by atoms with E-state index < -0.39 is 0 Å². The third-order valence-corrected chi connectivity index (χ3v) is 9.98. The highest BCUT2D eigenvalue weighted by molar-refractivity contribution is 5.86. The molecule has 3 fully saturated rings. The molecule has 8 heteroatoms. The van der Waals surface area contributed by atoms with Crippen molar-refractivity contribution < 1.29 is 24.1 Å². The monoisotopic (exact) mass is 488 g/mol. The SMILES string of the molecule is CCC(=O)O/N=C(\C)C1[C@H](C[N+](=O)[O-])CC2C3CC=C4CC(OC(C)=O)CCC4(C)C3CCC21C. The first-order valence-electron chi connectivity index (χ1n) is 13.2. The molecule has 0 aromatic rings. The first-order chi connectivity index (χ1) is 16.5. The molecule has 0 N–H and O–H groups in total. The summed E-state index contributed by atoms with van der Waals surface area (Å²) < 4.78 is 5.55. The molecule has 8 atom stereocenters. The van der Waals surface area contributed by atoms with Gasteiger partial charge < -0.3 is 9.57 Å². The molecule has 4 rings (SSSR count). The van der Waals surface area contributed by atoms with Crippen molar-refractivity contribution in [1.29, 1.82) is 0 Å². The minimum absolute atomic E-state index is 0.0257. The first kappa shape index (κ1) is 25.8. The molecule has 0 aromatic carbocycles. The number of allylic oxidation sites excluding steroid dienone is 1. The van der Waals surface area contributed by atoms with Gasteiger partial charge >= 0.3 is 11.9 Å². The van der Waals surface area contributed by atoms with Crippen LogP contribution in [0.4, 0.5) is 0 Å². The van der Waals surface area contributed by atoms with Crippen LogP contribution in [0.25, 0.3) is 0 Å². The maximum atomic E-state index is 11.7. The fourth-order valence-corrected chi connectivity index (χ4v) is 8.58. The van der Waals surface area contributed by atoms with Crippen LogP contribution in [0, 0.1) is 50.5 Å². The second-order valence-corrected chi connectivity index (χ2v) is 11.8. The van der Waals surface area contributed by atoms with E-state index >= 15 is 0 Å². The molecule has 0 radical (unpaired) electrons. The van der Waals surface area contributed by atoms with Crippen molar-refractivity contribution in [2.24, 2.45) is 45.6 Å². The molecular weight excluding hydrogens is 448 g/mol. The Morgan fingerprint density at radius 1 is 1.20 bits per heavy atom. The van der Waals surface area contributed by atoms with Gasteiger partial charge in [0, 0.05) is 36.5 Å². The number of carbonyl (C=O) groups is 2. The largest absolute Gasteiger partial charge is 0.462 e. The lowest BCUT2D eigenvalue weighted by Crippen LogP contribution is -2.51. The molecule has 0 amide bonds. The molecule has 4 aliphatic rings. The lowest BCUT2D eigenvalue weighted by molar-refractivity contribution is -0.489. The Kier molecular flexibility index (Phi) is 7.13. The van der Waals surface area contributed by atoms with Crippen molar-refractivity contribution in [3.05, 3.63) is 21.8 Å². The Morgan fingerprint density at radius 2 is 1.94 bits per heavy atom. The first-order valence-corrected chi connectivity index (χ1v) is 13.2. The standard InChI is InChI=1S/C27H40N2O6/c1-6-24(31)35-28-16(2)25-18(15-29(32)33)13-23-21-8-7-19-14-20(34-17(3)30)9-11-26(19,4)22(21)10-12-27(23,25)5/h7,18,20-23,25H,6,8-15H2,1-5H3/b28-16+/t18-,20?,21?,22?,23?,25?,26?,27?/m0/s1. The maximum Gasteiger partial charge on any atom is 0.334 e. The fraction of sp³-hybridized carbons (Fsp3) is 0.815. The summed E-state index contributed by atoms with van der Waals surface area (Å²) in [5.74, 6) is 0.589. The molecule has 35 heavy (non-hydrogen) atoms. The minimum atomic E-state index is -0.388. The summed E-state index contributed by atoms with van der Waals surface area (Å²) in [6, 6.07) is 0. The molecule has 0 aliphatic heterocycles. The van der Waals surface area contributed by atoms with E-state index in [-0.39, 0.29) is 58.6 Å². The zero-order valence-corrected chi connectivity index (χ0v) is 21.7. The summed E-state index contributed by atoms with van der Waals surface area (Å²) in [6.45, 7) is 9.68. The van der Waals surface area contributed by atoms with Crippen molar-refractivity contribution in [1.82, 2.24) is 0 Å². The van der Waals surface area contributed by atoms with E-state index in [1.54, 1.807) is 6.92 Å². The molecule has 7 unspecified atom stereocenters. The smallest absolute Gasteiger partial charge is 0.334 e. The topological polar surface area (TPSA) is 108 Å². The van der Waals surface area contributed by atoms with Gasteiger partial charge in [-0.15, -0.1) is 0 Å². The molecule has 0 heterocycles. The van der Waals surface area contributed by atoms with Crippen LogP contribution >= 0.6 is 0 Å². The van der Waals surface area contributed by atoms with Gasteiger partial charge in [0.1, 0.15) is 6.10 Å². The van der Waals surface area contributed by atoms with E-state index in [2.05, 4.69) is 25.1 Å². The summed E-state index contributed by atoms with van der Waals surface area (Å²) in [5.41, 5.74) is 2.13. The second-order valence-electron chi connectivity index (χ2n) is 11.8. The van der Waals surface area contributed by atoms with Gasteiger partial charge in [-0.1, -0.05) is 37.6 Å². The van der Waals surface area contributed by atoms with Crippen molar-refractivity contribution in [3.8, 4) is 0 Å². The lowest BCUT2D eigenvalue weighted by Gasteiger charge is -2.58. The van der Waals surface area contributed by atoms with Gasteiger partial charge in [-0.05, 0) is 74.0 Å². The van der Waals surface area contributed by atoms with E-state index in [1.165, 1.54) is 12.5 Å². The zero-order chi connectivity index (χ0) is 25.5. The maximum absolute atomic E-state index is 11.7. The van der Waals surface area contributed by atoms with E-state index in [9.17, 15) is 19.7 Å².